The van der Waals surface area contributed by atoms with Gasteiger partial charge in [-0.25, -0.2) is 13.1 Å². The Kier molecular flexibility index (Phi) is 6.59. The van der Waals surface area contributed by atoms with Crippen LogP contribution in [0.15, 0.2) is 41.3 Å². The number of methoxy groups -OCH3 is 1. The summed E-state index contributed by atoms with van der Waals surface area (Å²) in [6, 6.07) is 10.2. The summed E-state index contributed by atoms with van der Waals surface area (Å²) >= 11 is 0. The molecule has 1 amide bonds. The first kappa shape index (κ1) is 21.3. The average molecular weight is 417 g/mol. The second kappa shape index (κ2) is 8.97. The predicted molar refractivity (Wildman–Crippen MR) is 113 cm³/mol. The number of benzene rings is 2. The SMILES string of the molecule is CC[C@H](NS(=O)(=O)c1ccc(OC)c(C(=O)NC)c1)c1ccc2c(c1)CCCC2. The highest BCUT2D eigenvalue weighted by atomic mass is 32.2. The molecule has 2 aromatic carbocycles. The molecule has 0 fully saturated rings. The second-order valence-electron chi connectivity index (χ2n) is 7.26. The van der Waals surface area contributed by atoms with Crippen LogP contribution in [-0.4, -0.2) is 28.5 Å². The second-order valence-corrected chi connectivity index (χ2v) is 8.97. The lowest BCUT2D eigenvalue weighted by Crippen LogP contribution is -2.29. The number of nitrogens with one attached hydrogen (secondary N) is 2. The standard InChI is InChI=1S/C22H28N2O4S/c1-4-20(17-10-9-15-7-5-6-8-16(15)13-17)24-29(26,27)18-11-12-21(28-3)19(14-18)22(25)23-2/h9-14,20,24H,4-8H2,1-3H3,(H,23,25)/t20-/m0/s1. The normalized spacial score (nSPS) is 14.7. The maximum absolute atomic E-state index is 13.0. The molecule has 3 rings (SSSR count). The molecule has 0 bridgehead atoms. The lowest BCUT2D eigenvalue weighted by Gasteiger charge is -2.22. The average Bonchev–Trinajstić information content (AvgIpc) is 2.76. The predicted octanol–water partition coefficient (Wildman–Crippen LogP) is 3.36. The first-order chi connectivity index (χ1) is 13.9. The van der Waals surface area contributed by atoms with Crippen molar-refractivity contribution in [2.45, 2.75) is 50.0 Å². The number of aryl methyl sites for hydroxylation is 2. The summed E-state index contributed by atoms with van der Waals surface area (Å²) in [7, 11) is -0.883. The highest BCUT2D eigenvalue weighted by Crippen LogP contribution is 2.28. The van der Waals surface area contributed by atoms with E-state index in [1.807, 2.05) is 13.0 Å². The van der Waals surface area contributed by atoms with E-state index in [0.717, 1.165) is 18.4 Å². The van der Waals surface area contributed by atoms with Gasteiger partial charge in [-0.05, 0) is 67.0 Å². The van der Waals surface area contributed by atoms with Crippen molar-refractivity contribution in [1.29, 1.82) is 0 Å². The van der Waals surface area contributed by atoms with Gasteiger partial charge in [-0.2, -0.15) is 0 Å². The lowest BCUT2D eigenvalue weighted by molar-refractivity contribution is 0.0960. The Morgan fingerprint density at radius 3 is 2.48 bits per heavy atom. The molecular weight excluding hydrogens is 388 g/mol. The fourth-order valence-corrected chi connectivity index (χ4v) is 5.11. The molecule has 2 aromatic rings. The van der Waals surface area contributed by atoms with E-state index >= 15 is 0 Å². The van der Waals surface area contributed by atoms with Gasteiger partial charge in [0, 0.05) is 13.1 Å². The minimum absolute atomic E-state index is 0.0355. The third-order valence-corrected chi connectivity index (χ3v) is 6.90. The summed E-state index contributed by atoms with van der Waals surface area (Å²) < 4.78 is 34.1. The summed E-state index contributed by atoms with van der Waals surface area (Å²) in [5, 5.41) is 2.51. The van der Waals surface area contributed by atoms with Crippen LogP contribution in [0.25, 0.3) is 0 Å². The van der Waals surface area contributed by atoms with Crippen molar-refractivity contribution in [3.63, 3.8) is 0 Å². The fourth-order valence-electron chi connectivity index (χ4n) is 3.78. The number of amides is 1. The molecule has 1 atom stereocenters. The van der Waals surface area contributed by atoms with E-state index in [0.29, 0.717) is 12.2 Å². The van der Waals surface area contributed by atoms with Crippen LogP contribution in [-0.2, 0) is 22.9 Å². The summed E-state index contributed by atoms with van der Waals surface area (Å²) in [5.74, 6) is -0.0781. The lowest BCUT2D eigenvalue weighted by atomic mass is 9.89. The van der Waals surface area contributed by atoms with E-state index < -0.39 is 15.9 Å². The van der Waals surface area contributed by atoms with E-state index in [9.17, 15) is 13.2 Å². The van der Waals surface area contributed by atoms with Gasteiger partial charge in [0.15, 0.2) is 0 Å². The molecule has 0 aliphatic heterocycles. The number of hydrogen-bond donors (Lipinski definition) is 2. The molecule has 0 saturated heterocycles. The molecule has 2 N–H and O–H groups in total. The van der Waals surface area contributed by atoms with Crippen LogP contribution in [0.2, 0.25) is 0 Å². The highest BCUT2D eigenvalue weighted by Gasteiger charge is 2.24. The Balaban J connectivity index is 1.90. The minimum atomic E-state index is -3.82. The number of sulfonamides is 1. The molecule has 29 heavy (non-hydrogen) atoms. The zero-order valence-corrected chi connectivity index (χ0v) is 17.9. The quantitative estimate of drug-likeness (QED) is 0.725. The molecule has 0 aromatic heterocycles. The van der Waals surface area contributed by atoms with Gasteiger partial charge in [-0.1, -0.05) is 25.1 Å². The van der Waals surface area contributed by atoms with Crippen LogP contribution >= 0.6 is 0 Å². The summed E-state index contributed by atoms with van der Waals surface area (Å²) in [6.07, 6.45) is 5.14. The van der Waals surface area contributed by atoms with Crippen molar-refractivity contribution in [2.24, 2.45) is 0 Å². The van der Waals surface area contributed by atoms with Crippen LogP contribution in [0.3, 0.4) is 0 Å². The van der Waals surface area contributed by atoms with Gasteiger partial charge in [-0.15, -0.1) is 0 Å². The topological polar surface area (TPSA) is 84.5 Å². The van der Waals surface area contributed by atoms with Crippen molar-refractivity contribution in [2.75, 3.05) is 14.2 Å². The number of carbonyl (C=O) groups excluding carboxylic acids is 1. The van der Waals surface area contributed by atoms with E-state index in [1.165, 1.54) is 56.3 Å². The third kappa shape index (κ3) is 4.62. The summed E-state index contributed by atoms with van der Waals surface area (Å²) in [5.41, 5.74) is 3.83. The maximum atomic E-state index is 13.0. The molecule has 1 aliphatic carbocycles. The molecular formula is C22H28N2O4S. The zero-order chi connectivity index (χ0) is 21.0. The molecule has 0 radical (unpaired) electrons. The van der Waals surface area contributed by atoms with Crippen molar-refractivity contribution < 1.29 is 17.9 Å². The number of carbonyl (C=O) groups is 1. The van der Waals surface area contributed by atoms with E-state index in [1.54, 1.807) is 0 Å². The van der Waals surface area contributed by atoms with Gasteiger partial charge < -0.3 is 10.1 Å². The monoisotopic (exact) mass is 416 g/mol. The smallest absolute Gasteiger partial charge is 0.254 e. The summed E-state index contributed by atoms with van der Waals surface area (Å²) in [6.45, 7) is 1.95. The molecule has 6 nitrogen and oxygen atoms in total. The number of ether oxygens (including phenoxy) is 1. The Labute approximate surface area is 172 Å². The largest absolute Gasteiger partial charge is 0.496 e. The number of fused-ring (bicyclic) bond motifs is 1. The summed E-state index contributed by atoms with van der Waals surface area (Å²) in [4.78, 5) is 12.1. The molecule has 7 heteroatoms. The molecule has 1 aliphatic rings. The first-order valence-electron chi connectivity index (χ1n) is 9.93. The molecule has 0 saturated carbocycles. The van der Waals surface area contributed by atoms with Crippen LogP contribution in [0.4, 0.5) is 0 Å². The molecule has 0 heterocycles. The van der Waals surface area contributed by atoms with E-state index in [4.69, 9.17) is 4.74 Å². The third-order valence-electron chi connectivity index (χ3n) is 5.43. The van der Waals surface area contributed by atoms with Crippen molar-refractivity contribution >= 4 is 15.9 Å². The Hall–Kier alpha value is -2.38. The minimum Gasteiger partial charge on any atom is -0.496 e. The van der Waals surface area contributed by atoms with Crippen LogP contribution < -0.4 is 14.8 Å². The van der Waals surface area contributed by atoms with Crippen molar-refractivity contribution in [3.8, 4) is 5.75 Å². The highest BCUT2D eigenvalue weighted by molar-refractivity contribution is 7.89. The van der Waals surface area contributed by atoms with Crippen molar-refractivity contribution in [1.82, 2.24) is 10.0 Å². The maximum Gasteiger partial charge on any atom is 0.254 e. The van der Waals surface area contributed by atoms with Crippen molar-refractivity contribution in [3.05, 3.63) is 58.7 Å². The Morgan fingerprint density at radius 1 is 1.10 bits per heavy atom. The van der Waals surface area contributed by atoms with E-state index in [-0.39, 0.29) is 16.5 Å². The van der Waals surface area contributed by atoms with Crippen LogP contribution in [0, 0.1) is 0 Å². The van der Waals surface area contributed by atoms with Gasteiger partial charge in [0.25, 0.3) is 5.91 Å². The molecule has 0 spiro atoms. The number of rotatable bonds is 7. The van der Waals surface area contributed by atoms with Gasteiger partial charge in [0.2, 0.25) is 10.0 Å². The first-order valence-corrected chi connectivity index (χ1v) is 11.4. The van der Waals surface area contributed by atoms with E-state index in [2.05, 4.69) is 22.2 Å². The van der Waals surface area contributed by atoms with Crippen LogP contribution in [0.5, 0.6) is 5.75 Å². The number of hydrogen-bond acceptors (Lipinski definition) is 4. The zero-order valence-electron chi connectivity index (χ0n) is 17.1. The Bertz CT molecular complexity index is 1000. The fraction of sp³-hybridized carbons (Fsp3) is 0.409. The molecule has 156 valence electrons. The van der Waals surface area contributed by atoms with Gasteiger partial charge in [0.05, 0.1) is 17.6 Å². The van der Waals surface area contributed by atoms with Gasteiger partial charge >= 0.3 is 0 Å². The molecule has 0 unspecified atom stereocenters. The van der Waals surface area contributed by atoms with Gasteiger partial charge in [0.1, 0.15) is 5.75 Å². The van der Waals surface area contributed by atoms with Crippen LogP contribution in [0.1, 0.15) is 59.3 Å². The Morgan fingerprint density at radius 2 is 1.83 bits per heavy atom. The van der Waals surface area contributed by atoms with Gasteiger partial charge in [-0.3, -0.25) is 4.79 Å².